The zero-order chi connectivity index (χ0) is 20.2. The van der Waals surface area contributed by atoms with E-state index in [-0.39, 0.29) is 0 Å². The molecule has 142 valence electrons. The molecule has 29 heavy (non-hydrogen) atoms. The van der Waals surface area contributed by atoms with Gasteiger partial charge in [-0.05, 0) is 82.3 Å². The summed E-state index contributed by atoms with van der Waals surface area (Å²) in [4.78, 5) is 0. The van der Waals surface area contributed by atoms with Gasteiger partial charge in [-0.1, -0.05) is 72.0 Å². The Morgan fingerprint density at radius 1 is 0.862 bits per heavy atom. The average Bonchev–Trinajstić information content (AvgIpc) is 2.71. The summed E-state index contributed by atoms with van der Waals surface area (Å²) in [7, 11) is 0. The van der Waals surface area contributed by atoms with Crippen molar-refractivity contribution in [2.75, 3.05) is 0 Å². The number of aryl methyl sites for hydroxylation is 1. The predicted octanol–water partition coefficient (Wildman–Crippen LogP) is 5.90. The topological polar surface area (TPSA) is 20.2 Å². The first-order valence-corrected chi connectivity index (χ1v) is 10.3. The van der Waals surface area contributed by atoms with Gasteiger partial charge in [0.1, 0.15) is 5.60 Å². The maximum atomic E-state index is 10.0. The summed E-state index contributed by atoms with van der Waals surface area (Å²) in [5.41, 5.74) is 3.88. The van der Waals surface area contributed by atoms with Crippen LogP contribution in [0.25, 0.3) is 38.2 Å². The van der Waals surface area contributed by atoms with Gasteiger partial charge < -0.3 is 5.11 Å². The Kier molecular flexibility index (Phi) is 4.17. The Bertz CT molecular complexity index is 1380. The van der Waals surface area contributed by atoms with E-state index in [1.165, 1.54) is 43.5 Å². The molecule has 0 aliphatic heterocycles. The second kappa shape index (κ2) is 6.63. The Morgan fingerprint density at radius 3 is 2.38 bits per heavy atom. The van der Waals surface area contributed by atoms with Crippen molar-refractivity contribution in [3.63, 3.8) is 0 Å². The molecule has 0 fully saturated rings. The van der Waals surface area contributed by atoms with Crippen LogP contribution >= 0.6 is 11.6 Å². The van der Waals surface area contributed by atoms with Crippen molar-refractivity contribution in [2.24, 2.45) is 0 Å². The van der Waals surface area contributed by atoms with Gasteiger partial charge in [0, 0.05) is 10.6 Å². The monoisotopic (exact) mass is 396 g/mol. The molecule has 0 amide bonds. The van der Waals surface area contributed by atoms with Crippen molar-refractivity contribution in [3.8, 4) is 23.0 Å². The summed E-state index contributed by atoms with van der Waals surface area (Å²) >= 11 is 6.10. The van der Waals surface area contributed by atoms with Crippen LogP contribution in [0.3, 0.4) is 0 Å². The van der Waals surface area contributed by atoms with Crippen molar-refractivity contribution in [2.45, 2.75) is 32.3 Å². The van der Waals surface area contributed by atoms with Gasteiger partial charge in [0.15, 0.2) is 0 Å². The van der Waals surface area contributed by atoms with Crippen LogP contribution in [0.15, 0.2) is 60.7 Å². The molecule has 0 aromatic heterocycles. The lowest BCUT2D eigenvalue weighted by Gasteiger charge is -2.19. The molecule has 0 heterocycles. The first kappa shape index (κ1) is 18.3. The number of benzene rings is 4. The summed E-state index contributed by atoms with van der Waals surface area (Å²) in [5.74, 6) is 6.26. The van der Waals surface area contributed by atoms with Gasteiger partial charge in [-0.15, -0.1) is 0 Å². The molecule has 5 rings (SSSR count). The largest absolute Gasteiger partial charge is 0.378 e. The average molecular weight is 397 g/mol. The third-order valence-electron chi connectivity index (χ3n) is 5.64. The van der Waals surface area contributed by atoms with Gasteiger partial charge in [0.25, 0.3) is 0 Å². The molecule has 1 N–H and O–H groups in total. The van der Waals surface area contributed by atoms with Gasteiger partial charge in [-0.25, -0.2) is 0 Å². The van der Waals surface area contributed by atoms with Crippen molar-refractivity contribution in [1.82, 2.24) is 0 Å². The van der Waals surface area contributed by atoms with Crippen LogP contribution in [-0.2, 0) is 6.42 Å². The molecule has 0 radical (unpaired) electrons. The molecular formula is C27H21ClO. The molecule has 0 saturated carbocycles. The Balaban J connectivity index is 1.86. The van der Waals surface area contributed by atoms with Crippen molar-refractivity contribution in [3.05, 3.63) is 76.5 Å². The molecule has 4 aromatic rings. The lowest BCUT2D eigenvalue weighted by Crippen LogP contribution is -2.17. The maximum Gasteiger partial charge on any atom is 0.120 e. The molecule has 1 aliphatic carbocycles. The van der Waals surface area contributed by atoms with Crippen LogP contribution in [0.5, 0.6) is 0 Å². The van der Waals surface area contributed by atoms with E-state index < -0.39 is 5.60 Å². The van der Waals surface area contributed by atoms with E-state index in [0.29, 0.717) is 0 Å². The fourth-order valence-corrected chi connectivity index (χ4v) is 4.44. The van der Waals surface area contributed by atoms with Crippen LogP contribution in [0, 0.1) is 11.8 Å². The van der Waals surface area contributed by atoms with Crippen molar-refractivity contribution >= 4 is 38.7 Å². The highest BCUT2D eigenvalue weighted by Crippen LogP contribution is 2.37. The molecule has 0 atom stereocenters. The molecule has 0 saturated heterocycles. The fourth-order valence-electron chi connectivity index (χ4n) is 4.31. The molecule has 0 bridgehead atoms. The zero-order valence-electron chi connectivity index (χ0n) is 16.5. The highest BCUT2D eigenvalue weighted by molar-refractivity contribution is 6.30. The van der Waals surface area contributed by atoms with Crippen LogP contribution in [0.1, 0.15) is 25.8 Å². The summed E-state index contributed by atoms with van der Waals surface area (Å²) < 4.78 is 0. The fraction of sp³-hybridized carbons (Fsp3) is 0.185. The van der Waals surface area contributed by atoms with Crippen LogP contribution in [-0.4, -0.2) is 10.7 Å². The van der Waals surface area contributed by atoms with E-state index in [0.717, 1.165) is 23.4 Å². The standard InChI is InChI=1S/C27H21ClO/c1-27(2,29)16-15-18-3-4-19-9-14-24-22(17-5-10-21(28)11-6-17)12-7-20-8-13-23(18)25(19)26(20)24/h5-14,29H,3-4H2,1-2H3. The first-order valence-electron chi connectivity index (χ1n) is 9.92. The number of hydrogen-bond acceptors (Lipinski definition) is 1. The molecule has 1 aliphatic rings. The summed E-state index contributed by atoms with van der Waals surface area (Å²) in [6.45, 7) is 3.45. The van der Waals surface area contributed by atoms with Gasteiger partial charge in [-0.3, -0.25) is 0 Å². The first-order chi connectivity index (χ1) is 13.9. The molecule has 1 nitrogen and oxygen atoms in total. The van der Waals surface area contributed by atoms with Crippen molar-refractivity contribution in [1.29, 1.82) is 0 Å². The van der Waals surface area contributed by atoms with Gasteiger partial charge in [0.2, 0.25) is 0 Å². The second-order valence-corrected chi connectivity index (χ2v) is 8.70. The summed E-state index contributed by atoms with van der Waals surface area (Å²) in [5, 5.41) is 17.1. The maximum absolute atomic E-state index is 10.0. The van der Waals surface area contributed by atoms with Crippen molar-refractivity contribution < 1.29 is 5.11 Å². The zero-order valence-corrected chi connectivity index (χ0v) is 17.3. The van der Waals surface area contributed by atoms with Gasteiger partial charge in [0.05, 0.1) is 0 Å². The Morgan fingerprint density at radius 2 is 1.62 bits per heavy atom. The third kappa shape index (κ3) is 3.19. The number of halogens is 1. The molecule has 4 aromatic carbocycles. The van der Waals surface area contributed by atoms with E-state index in [4.69, 9.17) is 11.6 Å². The minimum absolute atomic E-state index is 0.747. The smallest absolute Gasteiger partial charge is 0.120 e. The quantitative estimate of drug-likeness (QED) is 0.397. The number of aliphatic hydroxyl groups is 1. The van der Waals surface area contributed by atoms with E-state index >= 15 is 0 Å². The van der Waals surface area contributed by atoms with E-state index in [1.807, 2.05) is 12.1 Å². The van der Waals surface area contributed by atoms with E-state index in [9.17, 15) is 5.11 Å². The Labute approximate surface area is 175 Å². The summed E-state index contributed by atoms with van der Waals surface area (Å²) in [6, 6.07) is 21.3. The normalized spacial score (nSPS) is 13.6. The van der Waals surface area contributed by atoms with E-state index in [2.05, 4.69) is 60.4 Å². The van der Waals surface area contributed by atoms with Gasteiger partial charge in [-0.2, -0.15) is 0 Å². The lowest BCUT2D eigenvalue weighted by atomic mass is 9.85. The molecule has 2 heteroatoms. The molecule has 0 unspecified atom stereocenters. The predicted molar refractivity (Wildman–Crippen MR) is 123 cm³/mol. The highest BCUT2D eigenvalue weighted by atomic mass is 35.5. The van der Waals surface area contributed by atoms with Crippen LogP contribution in [0.2, 0.25) is 5.02 Å². The number of rotatable bonds is 1. The number of hydrogen-bond donors (Lipinski definition) is 1. The summed E-state index contributed by atoms with van der Waals surface area (Å²) in [6.07, 6.45) is 1.89. The molecular weight excluding hydrogens is 376 g/mol. The minimum atomic E-state index is -0.988. The van der Waals surface area contributed by atoms with Crippen LogP contribution in [0.4, 0.5) is 0 Å². The molecule has 0 spiro atoms. The van der Waals surface area contributed by atoms with Gasteiger partial charge >= 0.3 is 0 Å². The minimum Gasteiger partial charge on any atom is -0.378 e. The SMILES string of the molecule is CC(C)(O)C#CC1=c2ccc3ccc(-c4ccc(Cl)cc4)c4ccc(c2c34)CC1. The highest BCUT2D eigenvalue weighted by Gasteiger charge is 2.17. The third-order valence-corrected chi connectivity index (χ3v) is 5.89. The van der Waals surface area contributed by atoms with E-state index in [1.54, 1.807) is 13.8 Å². The Hall–Kier alpha value is -2.79. The second-order valence-electron chi connectivity index (χ2n) is 8.27. The lowest BCUT2D eigenvalue weighted by molar-refractivity contribution is 0.143. The van der Waals surface area contributed by atoms with Crippen LogP contribution < -0.4 is 5.22 Å².